The summed E-state index contributed by atoms with van der Waals surface area (Å²) in [4.78, 5) is 4.33. The molecule has 0 bridgehead atoms. The lowest BCUT2D eigenvalue weighted by Crippen LogP contribution is -2.28. The van der Waals surface area contributed by atoms with Crippen LogP contribution < -0.4 is 5.32 Å². The van der Waals surface area contributed by atoms with Crippen molar-refractivity contribution in [3.8, 4) is 0 Å². The van der Waals surface area contributed by atoms with Crippen LogP contribution in [0.15, 0.2) is 30.6 Å². The number of anilines is 1. The van der Waals surface area contributed by atoms with E-state index in [1.807, 2.05) is 30.6 Å². The summed E-state index contributed by atoms with van der Waals surface area (Å²) < 4.78 is 2.17. The van der Waals surface area contributed by atoms with Crippen LogP contribution in [0, 0.1) is 0 Å². The van der Waals surface area contributed by atoms with Crippen LogP contribution in [0.3, 0.4) is 0 Å². The van der Waals surface area contributed by atoms with Gasteiger partial charge in [0.05, 0.1) is 6.20 Å². The third-order valence-corrected chi connectivity index (χ3v) is 3.68. The number of nitrogens with one attached hydrogen (secondary N) is 1. The molecule has 3 rings (SSSR count). The summed E-state index contributed by atoms with van der Waals surface area (Å²) in [6.45, 7) is 3.23. The molecule has 1 aliphatic rings. The minimum absolute atomic E-state index is 0.474. The van der Waals surface area contributed by atoms with Gasteiger partial charge < -0.3 is 5.32 Å². The lowest BCUT2D eigenvalue weighted by Gasteiger charge is -2.24. The Labute approximate surface area is 113 Å². The molecule has 4 heteroatoms. The fourth-order valence-corrected chi connectivity index (χ4v) is 2.77. The van der Waals surface area contributed by atoms with Crippen molar-refractivity contribution in [2.24, 2.45) is 0 Å². The molecule has 0 fully saturated rings. The minimum atomic E-state index is 0.474. The first kappa shape index (κ1) is 12.2. The van der Waals surface area contributed by atoms with Crippen LogP contribution in [-0.2, 0) is 19.4 Å². The molecule has 1 N–H and O–H groups in total. The summed E-state index contributed by atoms with van der Waals surface area (Å²) in [5.41, 5.74) is 2.83. The van der Waals surface area contributed by atoms with E-state index in [-0.39, 0.29) is 0 Å². The molecule has 0 aliphatic heterocycles. The van der Waals surface area contributed by atoms with Crippen LogP contribution in [0.1, 0.15) is 31.0 Å². The monoisotopic (exact) mass is 256 g/mol. The molecule has 1 atom stereocenters. The van der Waals surface area contributed by atoms with Gasteiger partial charge in [0, 0.05) is 24.5 Å². The molecule has 4 nitrogen and oxygen atoms in total. The normalized spacial score (nSPS) is 18.1. The number of hydrogen-bond donors (Lipinski definition) is 1. The van der Waals surface area contributed by atoms with Crippen LogP contribution in [-0.4, -0.2) is 20.8 Å². The molecule has 0 spiro atoms. The molecule has 2 aromatic rings. The third kappa shape index (κ3) is 2.62. The van der Waals surface area contributed by atoms with Gasteiger partial charge in [-0.15, -0.1) is 0 Å². The van der Waals surface area contributed by atoms with Crippen molar-refractivity contribution in [1.82, 2.24) is 14.8 Å². The van der Waals surface area contributed by atoms with Gasteiger partial charge in [0.1, 0.15) is 5.82 Å². The predicted molar refractivity (Wildman–Crippen MR) is 76.2 cm³/mol. The van der Waals surface area contributed by atoms with Gasteiger partial charge in [-0.3, -0.25) is 4.68 Å². The standard InChI is InChI=1S/C15H20N4/c1-2-9-19-14-7-6-13(10-12(14)11-17-19)18-15-5-3-4-8-16-15/h3-5,8,11,13H,2,6-7,9-10H2,1H3,(H,16,18). The molecule has 2 aromatic heterocycles. The highest BCUT2D eigenvalue weighted by Gasteiger charge is 2.22. The van der Waals surface area contributed by atoms with E-state index in [4.69, 9.17) is 0 Å². The lowest BCUT2D eigenvalue weighted by atomic mass is 9.93. The van der Waals surface area contributed by atoms with Crippen molar-refractivity contribution in [1.29, 1.82) is 0 Å². The molecular formula is C15H20N4. The summed E-state index contributed by atoms with van der Waals surface area (Å²) in [5.74, 6) is 0.969. The topological polar surface area (TPSA) is 42.7 Å². The number of nitrogens with zero attached hydrogens (tertiary/aromatic N) is 3. The first-order chi connectivity index (χ1) is 9.36. The summed E-state index contributed by atoms with van der Waals surface area (Å²) in [6.07, 6.45) is 8.32. The number of aryl methyl sites for hydroxylation is 1. The Kier molecular flexibility index (Phi) is 3.49. The molecule has 0 saturated heterocycles. The van der Waals surface area contributed by atoms with Crippen LogP contribution in [0.4, 0.5) is 5.82 Å². The zero-order chi connectivity index (χ0) is 13.1. The van der Waals surface area contributed by atoms with Crippen molar-refractivity contribution >= 4 is 5.82 Å². The van der Waals surface area contributed by atoms with E-state index in [1.165, 1.54) is 11.3 Å². The molecule has 1 aliphatic carbocycles. The summed E-state index contributed by atoms with van der Waals surface area (Å²) in [6, 6.07) is 6.46. The maximum absolute atomic E-state index is 4.50. The van der Waals surface area contributed by atoms with Crippen molar-refractivity contribution < 1.29 is 0 Å². The van der Waals surface area contributed by atoms with Crippen molar-refractivity contribution in [2.45, 2.75) is 45.2 Å². The molecule has 0 radical (unpaired) electrons. The number of fused-ring (bicyclic) bond motifs is 1. The van der Waals surface area contributed by atoms with Crippen LogP contribution in [0.2, 0.25) is 0 Å². The zero-order valence-corrected chi connectivity index (χ0v) is 11.3. The van der Waals surface area contributed by atoms with E-state index >= 15 is 0 Å². The van der Waals surface area contributed by atoms with Crippen LogP contribution in [0.25, 0.3) is 0 Å². The van der Waals surface area contributed by atoms with E-state index in [9.17, 15) is 0 Å². The fourth-order valence-electron chi connectivity index (χ4n) is 2.77. The Hall–Kier alpha value is -1.84. The van der Waals surface area contributed by atoms with Crippen LogP contribution in [0.5, 0.6) is 0 Å². The first-order valence-corrected chi connectivity index (χ1v) is 7.08. The van der Waals surface area contributed by atoms with E-state index in [2.05, 4.69) is 27.0 Å². The average Bonchev–Trinajstić information content (AvgIpc) is 2.83. The molecule has 1 unspecified atom stereocenters. The smallest absolute Gasteiger partial charge is 0.126 e. The van der Waals surface area contributed by atoms with Gasteiger partial charge in [-0.25, -0.2) is 4.98 Å². The Morgan fingerprint density at radius 1 is 1.42 bits per heavy atom. The molecular weight excluding hydrogens is 236 g/mol. The van der Waals surface area contributed by atoms with Crippen molar-refractivity contribution in [3.05, 3.63) is 41.9 Å². The highest BCUT2D eigenvalue weighted by atomic mass is 15.3. The zero-order valence-electron chi connectivity index (χ0n) is 11.3. The lowest BCUT2D eigenvalue weighted by molar-refractivity contribution is 0.532. The van der Waals surface area contributed by atoms with Crippen LogP contribution >= 0.6 is 0 Å². The molecule has 0 aromatic carbocycles. The maximum Gasteiger partial charge on any atom is 0.126 e. The largest absolute Gasteiger partial charge is 0.367 e. The van der Waals surface area contributed by atoms with E-state index < -0.39 is 0 Å². The highest BCUT2D eigenvalue weighted by molar-refractivity contribution is 5.36. The van der Waals surface area contributed by atoms with Gasteiger partial charge in [-0.1, -0.05) is 13.0 Å². The maximum atomic E-state index is 4.50. The molecule has 0 amide bonds. The number of rotatable bonds is 4. The van der Waals surface area contributed by atoms with E-state index in [0.717, 1.165) is 38.0 Å². The van der Waals surface area contributed by atoms with Crippen molar-refractivity contribution in [2.75, 3.05) is 5.32 Å². The fraction of sp³-hybridized carbons (Fsp3) is 0.467. The van der Waals surface area contributed by atoms with Gasteiger partial charge in [0.15, 0.2) is 0 Å². The summed E-state index contributed by atoms with van der Waals surface area (Å²) >= 11 is 0. The summed E-state index contributed by atoms with van der Waals surface area (Å²) in [5, 5.41) is 8.02. The summed E-state index contributed by atoms with van der Waals surface area (Å²) in [7, 11) is 0. The second kappa shape index (κ2) is 5.43. The molecule has 0 saturated carbocycles. The molecule has 100 valence electrons. The number of hydrogen-bond acceptors (Lipinski definition) is 3. The third-order valence-electron chi connectivity index (χ3n) is 3.68. The van der Waals surface area contributed by atoms with Gasteiger partial charge in [0.25, 0.3) is 0 Å². The Morgan fingerprint density at radius 2 is 2.37 bits per heavy atom. The van der Waals surface area contributed by atoms with Gasteiger partial charge >= 0.3 is 0 Å². The Balaban J connectivity index is 1.69. The predicted octanol–water partition coefficient (Wildman–Crippen LogP) is 2.66. The second-order valence-corrected chi connectivity index (χ2v) is 5.14. The van der Waals surface area contributed by atoms with E-state index in [1.54, 1.807) is 0 Å². The average molecular weight is 256 g/mol. The van der Waals surface area contributed by atoms with E-state index in [0.29, 0.717) is 6.04 Å². The van der Waals surface area contributed by atoms with Gasteiger partial charge in [0.2, 0.25) is 0 Å². The minimum Gasteiger partial charge on any atom is -0.367 e. The number of pyridine rings is 1. The number of aromatic nitrogens is 3. The Morgan fingerprint density at radius 3 is 3.16 bits per heavy atom. The SMILES string of the molecule is CCCn1ncc2c1CCC(Nc1ccccn1)C2. The molecule has 19 heavy (non-hydrogen) atoms. The first-order valence-electron chi connectivity index (χ1n) is 7.08. The molecule has 2 heterocycles. The quantitative estimate of drug-likeness (QED) is 0.914. The highest BCUT2D eigenvalue weighted by Crippen LogP contribution is 2.23. The van der Waals surface area contributed by atoms with Gasteiger partial charge in [-0.05, 0) is 43.4 Å². The second-order valence-electron chi connectivity index (χ2n) is 5.14. The van der Waals surface area contributed by atoms with Crippen molar-refractivity contribution in [3.63, 3.8) is 0 Å². The van der Waals surface area contributed by atoms with Gasteiger partial charge in [-0.2, -0.15) is 5.10 Å². The Bertz CT molecular complexity index is 532.